The number of benzene rings is 1. The van der Waals surface area contributed by atoms with E-state index >= 15 is 0 Å². The van der Waals surface area contributed by atoms with Crippen LogP contribution in [0.3, 0.4) is 0 Å². The first kappa shape index (κ1) is 16.1. The molecular weight excluding hydrogens is 294 g/mol. The molecule has 0 N–H and O–H groups in total. The van der Waals surface area contributed by atoms with E-state index in [9.17, 15) is 13.6 Å². The normalized spacial score (nSPS) is 11.5. The van der Waals surface area contributed by atoms with Gasteiger partial charge in [-0.25, -0.2) is 4.79 Å². The van der Waals surface area contributed by atoms with Crippen molar-refractivity contribution in [1.82, 2.24) is 10.1 Å². The zero-order valence-electron chi connectivity index (χ0n) is 12.3. The summed E-state index contributed by atoms with van der Waals surface area (Å²) < 4.78 is 37.1. The van der Waals surface area contributed by atoms with Gasteiger partial charge in [0.2, 0.25) is 11.7 Å². The molecule has 0 aliphatic carbocycles. The van der Waals surface area contributed by atoms with Crippen molar-refractivity contribution in [2.24, 2.45) is 0 Å². The minimum absolute atomic E-state index is 0.102. The number of carbonyl (C=O) groups excluding carboxylic acids is 1. The predicted molar refractivity (Wildman–Crippen MR) is 74.3 cm³/mol. The van der Waals surface area contributed by atoms with Gasteiger partial charge >= 0.3 is 11.9 Å². The van der Waals surface area contributed by atoms with E-state index in [1.54, 1.807) is 0 Å². The molecule has 0 saturated heterocycles. The van der Waals surface area contributed by atoms with Crippen LogP contribution in [-0.4, -0.2) is 22.7 Å². The van der Waals surface area contributed by atoms with E-state index in [0.29, 0.717) is 23.7 Å². The molecule has 0 bridgehead atoms. The van der Waals surface area contributed by atoms with E-state index in [-0.39, 0.29) is 6.61 Å². The SMILES string of the molecule is CCCc1nc(-c2ccc(C(F)(F)C(=O)OCC)cc2)no1. The van der Waals surface area contributed by atoms with Crippen LogP contribution in [0.4, 0.5) is 8.78 Å². The van der Waals surface area contributed by atoms with Crippen molar-refractivity contribution < 1.29 is 22.8 Å². The van der Waals surface area contributed by atoms with Gasteiger partial charge in [-0.15, -0.1) is 0 Å². The Kier molecular flexibility index (Phi) is 4.85. The van der Waals surface area contributed by atoms with Gasteiger partial charge in [0.05, 0.1) is 6.61 Å². The highest BCUT2D eigenvalue weighted by atomic mass is 19.3. The lowest BCUT2D eigenvalue weighted by atomic mass is 10.1. The molecule has 2 rings (SSSR count). The summed E-state index contributed by atoms with van der Waals surface area (Å²) in [5.41, 5.74) is 0.0986. The number of nitrogens with zero attached hydrogens (tertiary/aromatic N) is 2. The van der Waals surface area contributed by atoms with Crippen LogP contribution >= 0.6 is 0 Å². The fourth-order valence-corrected chi connectivity index (χ4v) is 1.86. The van der Waals surface area contributed by atoms with Crippen LogP contribution in [0.1, 0.15) is 31.7 Å². The second kappa shape index (κ2) is 6.64. The Bertz CT molecular complexity index is 638. The summed E-state index contributed by atoms with van der Waals surface area (Å²) in [6.07, 6.45) is 1.53. The van der Waals surface area contributed by atoms with Crippen molar-refractivity contribution in [3.8, 4) is 11.4 Å². The maximum Gasteiger partial charge on any atom is 0.381 e. The Morgan fingerprint density at radius 3 is 2.55 bits per heavy atom. The summed E-state index contributed by atoms with van der Waals surface area (Å²) in [6.45, 7) is 3.35. The molecule has 0 unspecified atom stereocenters. The second-order valence-electron chi connectivity index (χ2n) is 4.63. The molecule has 0 fully saturated rings. The van der Waals surface area contributed by atoms with Gasteiger partial charge in [0.25, 0.3) is 0 Å². The summed E-state index contributed by atoms with van der Waals surface area (Å²) in [5, 5.41) is 3.80. The van der Waals surface area contributed by atoms with Crippen LogP contribution in [-0.2, 0) is 21.9 Å². The summed E-state index contributed by atoms with van der Waals surface area (Å²) in [6, 6.07) is 5.15. The van der Waals surface area contributed by atoms with Crippen molar-refractivity contribution in [3.05, 3.63) is 35.7 Å². The molecule has 5 nitrogen and oxygen atoms in total. The third-order valence-electron chi connectivity index (χ3n) is 2.97. The molecule has 1 heterocycles. The molecule has 0 aliphatic heterocycles. The fourth-order valence-electron chi connectivity index (χ4n) is 1.86. The largest absolute Gasteiger partial charge is 0.461 e. The monoisotopic (exact) mass is 310 g/mol. The van der Waals surface area contributed by atoms with Gasteiger partial charge in [-0.3, -0.25) is 0 Å². The molecular formula is C15H16F2N2O3. The molecule has 7 heteroatoms. The fraction of sp³-hybridized carbons (Fsp3) is 0.400. The lowest BCUT2D eigenvalue weighted by Crippen LogP contribution is -2.28. The Morgan fingerprint density at radius 2 is 1.95 bits per heavy atom. The van der Waals surface area contributed by atoms with Crippen molar-refractivity contribution in [2.45, 2.75) is 32.6 Å². The summed E-state index contributed by atoms with van der Waals surface area (Å²) >= 11 is 0. The molecule has 118 valence electrons. The number of carbonyl (C=O) groups is 1. The number of aryl methyl sites for hydroxylation is 1. The number of rotatable bonds is 6. The molecule has 1 aromatic carbocycles. The lowest BCUT2D eigenvalue weighted by Gasteiger charge is -2.14. The summed E-state index contributed by atoms with van der Waals surface area (Å²) in [7, 11) is 0. The van der Waals surface area contributed by atoms with Crippen molar-refractivity contribution in [3.63, 3.8) is 0 Å². The third-order valence-corrected chi connectivity index (χ3v) is 2.97. The lowest BCUT2D eigenvalue weighted by molar-refractivity contribution is -0.173. The minimum atomic E-state index is -3.68. The first-order valence-electron chi connectivity index (χ1n) is 6.97. The molecule has 1 aromatic heterocycles. The molecule has 0 spiro atoms. The van der Waals surface area contributed by atoms with Crippen LogP contribution in [0.25, 0.3) is 11.4 Å². The number of ether oxygens (including phenoxy) is 1. The molecule has 0 aliphatic rings. The number of aromatic nitrogens is 2. The quantitative estimate of drug-likeness (QED) is 0.766. The van der Waals surface area contributed by atoms with E-state index in [4.69, 9.17) is 4.52 Å². The van der Waals surface area contributed by atoms with Crippen LogP contribution in [0.5, 0.6) is 0 Å². The summed E-state index contributed by atoms with van der Waals surface area (Å²) in [4.78, 5) is 15.5. The highest BCUT2D eigenvalue weighted by Crippen LogP contribution is 2.30. The molecule has 0 amide bonds. The van der Waals surface area contributed by atoms with Crippen LogP contribution in [0.2, 0.25) is 0 Å². The van der Waals surface area contributed by atoms with Gasteiger partial charge in [-0.2, -0.15) is 13.8 Å². The molecule has 0 saturated carbocycles. The van der Waals surface area contributed by atoms with E-state index in [2.05, 4.69) is 14.9 Å². The first-order chi connectivity index (χ1) is 10.5. The molecule has 0 radical (unpaired) electrons. The Balaban J connectivity index is 2.20. The topological polar surface area (TPSA) is 65.2 Å². The van der Waals surface area contributed by atoms with E-state index in [0.717, 1.165) is 18.6 Å². The minimum Gasteiger partial charge on any atom is -0.461 e. The molecule has 0 atom stereocenters. The Morgan fingerprint density at radius 1 is 1.27 bits per heavy atom. The Hall–Kier alpha value is -2.31. The van der Waals surface area contributed by atoms with Gasteiger partial charge < -0.3 is 9.26 Å². The van der Waals surface area contributed by atoms with Crippen molar-refractivity contribution in [2.75, 3.05) is 6.61 Å². The van der Waals surface area contributed by atoms with Gasteiger partial charge in [0.15, 0.2) is 0 Å². The number of esters is 1. The maximum atomic E-state index is 13.9. The van der Waals surface area contributed by atoms with Crippen LogP contribution < -0.4 is 0 Å². The van der Waals surface area contributed by atoms with Gasteiger partial charge in [-0.05, 0) is 13.3 Å². The number of alkyl halides is 2. The average molecular weight is 310 g/mol. The van der Waals surface area contributed by atoms with E-state index < -0.39 is 17.5 Å². The first-order valence-corrected chi connectivity index (χ1v) is 6.97. The smallest absolute Gasteiger partial charge is 0.381 e. The van der Waals surface area contributed by atoms with Crippen LogP contribution in [0.15, 0.2) is 28.8 Å². The zero-order valence-corrected chi connectivity index (χ0v) is 12.3. The Labute approximate surface area is 126 Å². The van der Waals surface area contributed by atoms with Crippen molar-refractivity contribution in [1.29, 1.82) is 0 Å². The van der Waals surface area contributed by atoms with Gasteiger partial charge in [0.1, 0.15) is 0 Å². The number of hydrogen-bond donors (Lipinski definition) is 0. The maximum absolute atomic E-state index is 13.9. The molecule has 2 aromatic rings. The van der Waals surface area contributed by atoms with Gasteiger partial charge in [-0.1, -0.05) is 36.3 Å². The number of hydrogen-bond acceptors (Lipinski definition) is 5. The van der Waals surface area contributed by atoms with Gasteiger partial charge in [0, 0.05) is 17.5 Å². The highest BCUT2D eigenvalue weighted by molar-refractivity contribution is 5.79. The summed E-state index contributed by atoms with van der Waals surface area (Å²) in [5.74, 6) is -4.42. The van der Waals surface area contributed by atoms with Crippen LogP contribution in [0, 0.1) is 0 Å². The third kappa shape index (κ3) is 3.29. The predicted octanol–water partition coefficient (Wildman–Crippen LogP) is 3.34. The number of halogens is 2. The zero-order chi connectivity index (χ0) is 16.2. The highest BCUT2D eigenvalue weighted by Gasteiger charge is 2.42. The van der Waals surface area contributed by atoms with E-state index in [1.807, 2.05) is 6.92 Å². The second-order valence-corrected chi connectivity index (χ2v) is 4.63. The van der Waals surface area contributed by atoms with Crippen molar-refractivity contribution >= 4 is 5.97 Å². The molecule has 22 heavy (non-hydrogen) atoms. The van der Waals surface area contributed by atoms with E-state index in [1.165, 1.54) is 19.1 Å². The average Bonchev–Trinajstić information content (AvgIpc) is 2.97. The standard InChI is InChI=1S/C15H16F2N2O3/c1-3-5-12-18-13(19-22-12)10-6-8-11(9-7-10)15(16,17)14(20)21-4-2/h6-9H,3-5H2,1-2H3.